The van der Waals surface area contributed by atoms with Gasteiger partial charge >= 0.3 is 6.03 Å². The van der Waals surface area contributed by atoms with Crippen LogP contribution in [0.3, 0.4) is 0 Å². The van der Waals surface area contributed by atoms with Crippen LogP contribution in [0.1, 0.15) is 55.3 Å². The summed E-state index contributed by atoms with van der Waals surface area (Å²) < 4.78 is 5.47. The van der Waals surface area contributed by atoms with E-state index in [9.17, 15) is 9.59 Å². The maximum atomic E-state index is 12.3. The van der Waals surface area contributed by atoms with Crippen molar-refractivity contribution < 1.29 is 14.3 Å². The van der Waals surface area contributed by atoms with Gasteiger partial charge in [-0.05, 0) is 49.9 Å². The van der Waals surface area contributed by atoms with Crippen LogP contribution >= 0.6 is 0 Å². The van der Waals surface area contributed by atoms with E-state index in [4.69, 9.17) is 4.74 Å². The number of urea groups is 1. The maximum absolute atomic E-state index is 12.3. The van der Waals surface area contributed by atoms with E-state index in [1.54, 1.807) is 24.3 Å². The van der Waals surface area contributed by atoms with Gasteiger partial charge in [-0.25, -0.2) is 4.79 Å². The van der Waals surface area contributed by atoms with E-state index in [1.807, 2.05) is 0 Å². The minimum absolute atomic E-state index is 0.0405. The van der Waals surface area contributed by atoms with Crippen LogP contribution in [0, 0.1) is 0 Å². The van der Waals surface area contributed by atoms with Gasteiger partial charge in [0.2, 0.25) is 0 Å². The molecule has 0 aromatic heterocycles. The van der Waals surface area contributed by atoms with Crippen LogP contribution in [0.2, 0.25) is 0 Å². The summed E-state index contributed by atoms with van der Waals surface area (Å²) in [4.78, 5) is 24.2. The molecule has 1 saturated heterocycles. The van der Waals surface area contributed by atoms with Crippen LogP contribution in [-0.2, 0) is 4.74 Å². The highest BCUT2D eigenvalue weighted by atomic mass is 16.5. The molecule has 0 radical (unpaired) electrons. The fraction of sp³-hybridized carbons (Fsp3) is 0.579. The second kappa shape index (κ2) is 8.85. The van der Waals surface area contributed by atoms with Crippen molar-refractivity contribution in [2.75, 3.05) is 18.5 Å². The van der Waals surface area contributed by atoms with E-state index in [2.05, 4.69) is 16.0 Å². The van der Waals surface area contributed by atoms with Gasteiger partial charge in [-0.3, -0.25) is 4.79 Å². The molecule has 3 rings (SSSR count). The summed E-state index contributed by atoms with van der Waals surface area (Å²) in [7, 11) is 0. The average molecular weight is 345 g/mol. The third kappa shape index (κ3) is 5.46. The van der Waals surface area contributed by atoms with Crippen molar-refractivity contribution in [3.05, 3.63) is 29.8 Å². The standard InChI is InChI=1S/C19H27N3O3/c23-18(21-15-5-2-1-3-6-15)14-8-10-16(11-9-14)22-19(24)20-13-17-7-4-12-25-17/h8-11,15,17H,1-7,12-13H2,(H,21,23)(H2,20,22,24). The molecule has 1 aliphatic carbocycles. The molecule has 1 atom stereocenters. The molecule has 0 bridgehead atoms. The number of hydrogen-bond acceptors (Lipinski definition) is 3. The van der Waals surface area contributed by atoms with Crippen molar-refractivity contribution in [3.63, 3.8) is 0 Å². The fourth-order valence-corrected chi connectivity index (χ4v) is 3.41. The summed E-state index contributed by atoms with van der Waals surface area (Å²) in [5.74, 6) is -0.0405. The monoisotopic (exact) mass is 345 g/mol. The molecule has 1 saturated carbocycles. The molecule has 2 fully saturated rings. The summed E-state index contributed by atoms with van der Waals surface area (Å²) in [6.45, 7) is 1.30. The van der Waals surface area contributed by atoms with E-state index in [0.717, 1.165) is 32.3 Å². The van der Waals surface area contributed by atoms with Crippen LogP contribution in [-0.4, -0.2) is 37.2 Å². The van der Waals surface area contributed by atoms with Gasteiger partial charge in [0.1, 0.15) is 0 Å². The summed E-state index contributed by atoms with van der Waals surface area (Å²) in [5, 5.41) is 8.68. The van der Waals surface area contributed by atoms with Crippen molar-refractivity contribution in [2.24, 2.45) is 0 Å². The Morgan fingerprint density at radius 3 is 2.44 bits per heavy atom. The summed E-state index contributed by atoms with van der Waals surface area (Å²) in [6.07, 6.45) is 7.94. The van der Waals surface area contributed by atoms with E-state index >= 15 is 0 Å². The fourth-order valence-electron chi connectivity index (χ4n) is 3.41. The first kappa shape index (κ1) is 17.7. The molecule has 25 heavy (non-hydrogen) atoms. The Balaban J connectivity index is 1.44. The highest BCUT2D eigenvalue weighted by Crippen LogP contribution is 2.18. The lowest BCUT2D eigenvalue weighted by Crippen LogP contribution is -2.36. The van der Waals surface area contributed by atoms with E-state index < -0.39 is 0 Å². The third-order valence-electron chi connectivity index (χ3n) is 4.86. The number of anilines is 1. The SMILES string of the molecule is O=C(NCC1CCCO1)Nc1ccc(C(=O)NC2CCCCC2)cc1. The summed E-state index contributed by atoms with van der Waals surface area (Å²) >= 11 is 0. The van der Waals surface area contributed by atoms with Gasteiger partial charge in [0.15, 0.2) is 0 Å². The molecule has 1 unspecified atom stereocenters. The predicted octanol–water partition coefficient (Wildman–Crippen LogP) is 3.05. The van der Waals surface area contributed by atoms with Crippen LogP contribution in [0.5, 0.6) is 0 Å². The van der Waals surface area contributed by atoms with Crippen molar-refractivity contribution in [2.45, 2.75) is 57.1 Å². The molecule has 6 heteroatoms. The molecule has 1 aromatic carbocycles. The first-order valence-electron chi connectivity index (χ1n) is 9.28. The van der Waals surface area contributed by atoms with Crippen molar-refractivity contribution in [3.8, 4) is 0 Å². The lowest BCUT2D eigenvalue weighted by atomic mass is 9.95. The summed E-state index contributed by atoms with van der Waals surface area (Å²) in [5.41, 5.74) is 1.29. The lowest BCUT2D eigenvalue weighted by molar-refractivity contribution is 0.0927. The Labute approximate surface area is 148 Å². The first-order chi connectivity index (χ1) is 12.2. The highest BCUT2D eigenvalue weighted by molar-refractivity contribution is 5.95. The van der Waals surface area contributed by atoms with E-state index in [-0.39, 0.29) is 18.0 Å². The molecular formula is C19H27N3O3. The molecular weight excluding hydrogens is 318 g/mol. The second-order valence-corrected chi connectivity index (χ2v) is 6.86. The molecule has 1 heterocycles. The van der Waals surface area contributed by atoms with Crippen LogP contribution in [0.15, 0.2) is 24.3 Å². The average Bonchev–Trinajstić information content (AvgIpc) is 3.15. The molecule has 2 aliphatic rings. The van der Waals surface area contributed by atoms with E-state index in [1.165, 1.54) is 19.3 Å². The minimum atomic E-state index is -0.255. The number of carbonyl (C=O) groups is 2. The van der Waals surface area contributed by atoms with Gasteiger partial charge in [0, 0.05) is 30.4 Å². The van der Waals surface area contributed by atoms with Gasteiger partial charge < -0.3 is 20.7 Å². The Morgan fingerprint density at radius 1 is 1.00 bits per heavy atom. The smallest absolute Gasteiger partial charge is 0.319 e. The topological polar surface area (TPSA) is 79.5 Å². The number of carbonyl (C=O) groups excluding carboxylic acids is 2. The number of ether oxygens (including phenoxy) is 1. The molecule has 0 spiro atoms. The zero-order chi connectivity index (χ0) is 17.5. The highest BCUT2D eigenvalue weighted by Gasteiger charge is 2.17. The van der Waals surface area contributed by atoms with Gasteiger partial charge in [0.05, 0.1) is 6.10 Å². The predicted molar refractivity (Wildman–Crippen MR) is 96.8 cm³/mol. The molecule has 1 aromatic rings. The molecule has 3 amide bonds. The normalized spacial score (nSPS) is 20.9. The number of hydrogen-bond donors (Lipinski definition) is 3. The van der Waals surface area contributed by atoms with Crippen LogP contribution in [0.4, 0.5) is 10.5 Å². The van der Waals surface area contributed by atoms with Crippen LogP contribution in [0.25, 0.3) is 0 Å². The number of rotatable bonds is 5. The zero-order valence-electron chi connectivity index (χ0n) is 14.6. The Bertz CT molecular complexity index is 576. The minimum Gasteiger partial charge on any atom is -0.376 e. The van der Waals surface area contributed by atoms with Gasteiger partial charge in [-0.2, -0.15) is 0 Å². The third-order valence-corrected chi connectivity index (χ3v) is 4.86. The van der Waals surface area contributed by atoms with Crippen molar-refractivity contribution in [1.82, 2.24) is 10.6 Å². The summed E-state index contributed by atoms with van der Waals surface area (Å²) in [6, 6.07) is 7.03. The Morgan fingerprint density at radius 2 is 1.76 bits per heavy atom. The lowest BCUT2D eigenvalue weighted by Gasteiger charge is -2.22. The largest absolute Gasteiger partial charge is 0.376 e. The zero-order valence-corrected chi connectivity index (χ0v) is 14.6. The number of amides is 3. The van der Waals surface area contributed by atoms with Gasteiger partial charge in [-0.15, -0.1) is 0 Å². The van der Waals surface area contributed by atoms with Gasteiger partial charge in [0.25, 0.3) is 5.91 Å². The second-order valence-electron chi connectivity index (χ2n) is 6.86. The quantitative estimate of drug-likeness (QED) is 0.767. The molecule has 1 aliphatic heterocycles. The van der Waals surface area contributed by atoms with Crippen LogP contribution < -0.4 is 16.0 Å². The first-order valence-corrected chi connectivity index (χ1v) is 9.28. The van der Waals surface area contributed by atoms with Crippen molar-refractivity contribution >= 4 is 17.6 Å². The Hall–Kier alpha value is -2.08. The van der Waals surface area contributed by atoms with Gasteiger partial charge in [-0.1, -0.05) is 19.3 Å². The molecule has 6 nitrogen and oxygen atoms in total. The van der Waals surface area contributed by atoms with Crippen molar-refractivity contribution in [1.29, 1.82) is 0 Å². The number of benzene rings is 1. The molecule has 3 N–H and O–H groups in total. The van der Waals surface area contributed by atoms with E-state index in [0.29, 0.717) is 23.8 Å². The Kier molecular flexibility index (Phi) is 6.28. The maximum Gasteiger partial charge on any atom is 0.319 e. The number of nitrogens with one attached hydrogen (secondary N) is 3. The molecule has 136 valence electrons.